The van der Waals surface area contributed by atoms with Crippen molar-refractivity contribution < 1.29 is 4.57 Å². The first-order valence-electron chi connectivity index (χ1n) is 12.8. The molecule has 1 aromatic heterocycles. The lowest BCUT2D eigenvalue weighted by atomic mass is 9.78. The second-order valence-corrected chi connectivity index (χ2v) is 10.2. The van der Waals surface area contributed by atoms with Gasteiger partial charge in [-0.25, -0.2) is 9.13 Å². The van der Waals surface area contributed by atoms with E-state index in [4.69, 9.17) is 11.6 Å². The molecule has 0 fully saturated rings. The molecule has 0 spiro atoms. The van der Waals surface area contributed by atoms with Gasteiger partial charge < -0.3 is 0 Å². The van der Waals surface area contributed by atoms with Crippen molar-refractivity contribution in [3.63, 3.8) is 0 Å². The molecule has 0 aliphatic heterocycles. The van der Waals surface area contributed by atoms with Crippen molar-refractivity contribution in [3.05, 3.63) is 125 Å². The molecule has 1 heterocycles. The Morgan fingerprint density at radius 3 is 2.00 bits per heavy atom. The lowest BCUT2D eigenvalue weighted by Crippen LogP contribution is -2.23. The molecule has 0 aliphatic carbocycles. The number of aryl methyl sites for hydroxylation is 1. The van der Waals surface area contributed by atoms with Crippen molar-refractivity contribution in [2.75, 3.05) is 0 Å². The van der Waals surface area contributed by atoms with Crippen molar-refractivity contribution >= 4 is 11.6 Å². The number of nitrogens with zero attached hydrogens (tertiary/aromatic N) is 2. The highest BCUT2D eigenvalue weighted by atomic mass is 35.5. The smallest absolute Gasteiger partial charge is 0.240 e. The molecule has 4 aromatic rings. The van der Waals surface area contributed by atoms with Crippen LogP contribution in [-0.2, 0) is 19.5 Å². The molecule has 182 valence electrons. The van der Waals surface area contributed by atoms with Gasteiger partial charge in [0.15, 0.2) is 0 Å². The van der Waals surface area contributed by atoms with Gasteiger partial charge >= 0.3 is 0 Å². The Bertz CT molecular complexity index is 1160. The Morgan fingerprint density at radius 1 is 0.771 bits per heavy atom. The van der Waals surface area contributed by atoms with E-state index in [0.29, 0.717) is 23.6 Å². The normalized spacial score (nSPS) is 13.9. The van der Waals surface area contributed by atoms with Gasteiger partial charge in [0.05, 0.1) is 7.05 Å². The number of rotatable bonds is 11. The maximum Gasteiger partial charge on any atom is 0.243 e. The van der Waals surface area contributed by atoms with Crippen LogP contribution in [0.25, 0.3) is 0 Å². The van der Waals surface area contributed by atoms with Gasteiger partial charge in [-0.1, -0.05) is 92.7 Å². The highest BCUT2D eigenvalue weighted by Crippen LogP contribution is 2.38. The van der Waals surface area contributed by atoms with E-state index < -0.39 is 0 Å². The first kappa shape index (κ1) is 25.3. The first-order valence-corrected chi connectivity index (χ1v) is 13.4. The zero-order valence-electron chi connectivity index (χ0n) is 21.3. The van der Waals surface area contributed by atoms with Crippen LogP contribution < -0.4 is 4.57 Å². The number of hydrogen-bond donors (Lipinski definition) is 0. The van der Waals surface area contributed by atoms with Gasteiger partial charge in [0.1, 0.15) is 18.9 Å². The SMILES string of the molecule is CCC(CC(CC(C)c1ccc(Cn2cc[n+](C)c2)cc1)c1ccccc1)c1ccc(CCl)cc1. The molecule has 2 nitrogen and oxygen atoms in total. The molecule has 3 aromatic carbocycles. The maximum absolute atomic E-state index is 6.02. The van der Waals surface area contributed by atoms with Crippen LogP contribution in [0, 0.1) is 0 Å². The van der Waals surface area contributed by atoms with Gasteiger partial charge in [-0.2, -0.15) is 0 Å². The lowest BCUT2D eigenvalue weighted by molar-refractivity contribution is -0.671. The van der Waals surface area contributed by atoms with Gasteiger partial charge in [0.2, 0.25) is 6.33 Å². The van der Waals surface area contributed by atoms with E-state index in [9.17, 15) is 0 Å². The zero-order valence-corrected chi connectivity index (χ0v) is 22.0. The summed E-state index contributed by atoms with van der Waals surface area (Å²) in [4.78, 5) is 0. The van der Waals surface area contributed by atoms with E-state index in [0.717, 1.165) is 25.8 Å². The van der Waals surface area contributed by atoms with Crippen molar-refractivity contribution in [2.45, 2.75) is 63.3 Å². The molecule has 3 atom stereocenters. The zero-order chi connectivity index (χ0) is 24.6. The second kappa shape index (κ2) is 12.2. The van der Waals surface area contributed by atoms with Crippen molar-refractivity contribution in [2.24, 2.45) is 7.05 Å². The minimum absolute atomic E-state index is 0.495. The fourth-order valence-corrected chi connectivity index (χ4v) is 5.35. The third-order valence-corrected chi connectivity index (χ3v) is 7.62. The molecule has 3 unspecified atom stereocenters. The predicted molar refractivity (Wildman–Crippen MR) is 147 cm³/mol. The van der Waals surface area contributed by atoms with E-state index in [1.165, 1.54) is 27.8 Å². The van der Waals surface area contributed by atoms with Gasteiger partial charge in [-0.3, -0.25) is 0 Å². The summed E-state index contributed by atoms with van der Waals surface area (Å²) < 4.78 is 4.30. The fraction of sp³-hybridized carbons (Fsp3) is 0.344. The lowest BCUT2D eigenvalue weighted by Gasteiger charge is -2.26. The summed E-state index contributed by atoms with van der Waals surface area (Å²) >= 11 is 6.02. The van der Waals surface area contributed by atoms with Crippen LogP contribution in [0.2, 0.25) is 0 Å². The molecule has 35 heavy (non-hydrogen) atoms. The Morgan fingerprint density at radius 2 is 1.40 bits per heavy atom. The topological polar surface area (TPSA) is 8.81 Å². The number of benzene rings is 3. The number of hydrogen-bond acceptors (Lipinski definition) is 0. The minimum atomic E-state index is 0.495. The highest BCUT2D eigenvalue weighted by molar-refractivity contribution is 6.17. The summed E-state index contributed by atoms with van der Waals surface area (Å²) in [7, 11) is 2.06. The van der Waals surface area contributed by atoms with E-state index in [2.05, 4.69) is 128 Å². The third-order valence-electron chi connectivity index (χ3n) is 7.31. The van der Waals surface area contributed by atoms with E-state index in [-0.39, 0.29) is 0 Å². The third kappa shape index (κ3) is 6.86. The molecule has 4 rings (SSSR count). The average Bonchev–Trinajstić information content (AvgIpc) is 3.31. The van der Waals surface area contributed by atoms with Gasteiger partial charge in [-0.15, -0.1) is 11.6 Å². The quantitative estimate of drug-likeness (QED) is 0.150. The molecular formula is C32H38ClN2+. The fourth-order valence-electron chi connectivity index (χ4n) is 5.17. The highest BCUT2D eigenvalue weighted by Gasteiger charge is 2.22. The number of alkyl halides is 1. The largest absolute Gasteiger partial charge is 0.243 e. The van der Waals surface area contributed by atoms with E-state index in [1.54, 1.807) is 0 Å². The first-order chi connectivity index (χ1) is 17.1. The van der Waals surface area contributed by atoms with E-state index in [1.807, 2.05) is 0 Å². The molecule has 0 amide bonds. The van der Waals surface area contributed by atoms with Crippen LogP contribution in [-0.4, -0.2) is 4.57 Å². The van der Waals surface area contributed by atoms with Gasteiger partial charge in [-0.05, 0) is 64.8 Å². The van der Waals surface area contributed by atoms with Crippen molar-refractivity contribution in [3.8, 4) is 0 Å². The monoisotopic (exact) mass is 485 g/mol. The second-order valence-electron chi connectivity index (χ2n) is 9.95. The Hall–Kier alpha value is -2.84. The van der Waals surface area contributed by atoms with Crippen LogP contribution in [0.5, 0.6) is 0 Å². The van der Waals surface area contributed by atoms with Crippen LogP contribution in [0.3, 0.4) is 0 Å². The summed E-state index contributed by atoms with van der Waals surface area (Å²) in [5, 5.41) is 0. The minimum Gasteiger partial charge on any atom is -0.240 e. The summed E-state index contributed by atoms with van der Waals surface area (Å²) in [6.45, 7) is 5.60. The molecule has 0 aliphatic rings. The van der Waals surface area contributed by atoms with Crippen LogP contribution in [0.15, 0.2) is 97.6 Å². The predicted octanol–water partition coefficient (Wildman–Crippen LogP) is 7.96. The summed E-state index contributed by atoms with van der Waals surface area (Å²) in [6.07, 6.45) is 9.77. The van der Waals surface area contributed by atoms with Crippen LogP contribution in [0.4, 0.5) is 0 Å². The Labute approximate surface area is 216 Å². The van der Waals surface area contributed by atoms with Gasteiger partial charge in [0.25, 0.3) is 0 Å². The molecule has 0 bridgehead atoms. The summed E-state index contributed by atoms with van der Waals surface area (Å²) in [5.41, 5.74) is 6.83. The average molecular weight is 486 g/mol. The van der Waals surface area contributed by atoms with Crippen LogP contribution in [0.1, 0.15) is 78.7 Å². The summed E-state index contributed by atoms with van der Waals surface area (Å²) in [6, 6.07) is 29.2. The molecule has 0 saturated carbocycles. The van der Waals surface area contributed by atoms with Gasteiger partial charge in [0, 0.05) is 5.88 Å². The number of halogens is 1. The van der Waals surface area contributed by atoms with Crippen LogP contribution >= 0.6 is 11.6 Å². The standard InChI is InChI=1S/C32H38ClN2/c1-4-28(31-16-10-26(22-33)11-17-31)21-32(30-8-6-5-7-9-30)20-25(2)29-14-12-27(13-15-29)23-35-19-18-34(3)24-35/h5-19,24-25,28,32H,4,20-23H2,1-3H3/q+1. The van der Waals surface area contributed by atoms with E-state index >= 15 is 0 Å². The summed E-state index contributed by atoms with van der Waals surface area (Å²) in [5.74, 6) is 2.13. The number of imidazole rings is 1. The Balaban J connectivity index is 1.48. The van der Waals surface area contributed by atoms with Crippen molar-refractivity contribution in [1.29, 1.82) is 0 Å². The number of aromatic nitrogens is 2. The molecule has 0 N–H and O–H groups in total. The Kier molecular flexibility index (Phi) is 8.82. The maximum atomic E-state index is 6.02. The molecular weight excluding hydrogens is 448 g/mol. The molecule has 0 radical (unpaired) electrons. The molecule has 3 heteroatoms. The van der Waals surface area contributed by atoms with Crippen molar-refractivity contribution in [1.82, 2.24) is 4.57 Å². The molecule has 0 saturated heterocycles.